The lowest BCUT2D eigenvalue weighted by atomic mass is 9.78. The summed E-state index contributed by atoms with van der Waals surface area (Å²) < 4.78 is 40.1. The topological polar surface area (TPSA) is 99.6 Å². The van der Waals surface area contributed by atoms with E-state index in [0.717, 1.165) is 17.0 Å². The van der Waals surface area contributed by atoms with Crippen LogP contribution in [0.1, 0.15) is 29.3 Å². The van der Waals surface area contributed by atoms with Crippen LogP contribution >= 0.6 is 11.8 Å². The van der Waals surface area contributed by atoms with Gasteiger partial charge in [-0.25, -0.2) is 0 Å². The van der Waals surface area contributed by atoms with Crippen molar-refractivity contribution in [2.45, 2.75) is 30.6 Å². The lowest BCUT2D eigenvalue weighted by Gasteiger charge is -2.31. The molecule has 186 valence electrons. The van der Waals surface area contributed by atoms with Gasteiger partial charge >= 0.3 is 12.1 Å². The molecule has 0 saturated carbocycles. The number of fused-ring (bicyclic) bond motifs is 1. The number of likely N-dealkylation sites (tertiary alicyclic amines) is 1. The van der Waals surface area contributed by atoms with E-state index in [0.29, 0.717) is 11.4 Å². The molecule has 3 heterocycles. The summed E-state index contributed by atoms with van der Waals surface area (Å²) in [5, 5.41) is 13.2. The number of carboxylic acid groups (broad SMARTS) is 1. The van der Waals surface area contributed by atoms with Crippen molar-refractivity contribution in [1.82, 2.24) is 15.2 Å². The molecule has 2 N–H and O–H groups in total. The molecule has 0 radical (unpaired) electrons. The van der Waals surface area contributed by atoms with Crippen LogP contribution in [0.25, 0.3) is 0 Å². The second-order valence-corrected chi connectivity index (χ2v) is 9.65. The molecule has 2 fully saturated rings. The fraction of sp³-hybridized carbons (Fsp3) is 0.417. The zero-order valence-electron chi connectivity index (χ0n) is 18.8. The first kappa shape index (κ1) is 25.2. The Labute approximate surface area is 204 Å². The molecule has 0 spiro atoms. The smallest absolute Gasteiger partial charge is 0.416 e. The van der Waals surface area contributed by atoms with Gasteiger partial charge in [-0.3, -0.25) is 29.6 Å². The van der Waals surface area contributed by atoms with E-state index in [2.05, 4.69) is 10.3 Å². The second kappa shape index (κ2) is 9.62. The first-order chi connectivity index (χ1) is 16.6. The molecule has 2 aliphatic heterocycles. The molecule has 2 amide bonds. The molecular weight excluding hydrogens is 483 g/mol. The Kier molecular flexibility index (Phi) is 6.92. The number of amides is 2. The number of thioether (sulfide) groups is 1. The highest BCUT2D eigenvalue weighted by molar-refractivity contribution is 7.98. The van der Waals surface area contributed by atoms with Crippen molar-refractivity contribution in [2.24, 2.45) is 11.8 Å². The van der Waals surface area contributed by atoms with E-state index in [1.54, 1.807) is 30.7 Å². The lowest BCUT2D eigenvalue weighted by molar-refractivity contribution is -0.151. The highest BCUT2D eigenvalue weighted by Crippen LogP contribution is 2.50. The molecule has 11 heteroatoms. The monoisotopic (exact) mass is 507 g/mol. The summed E-state index contributed by atoms with van der Waals surface area (Å²) in [7, 11) is 0. The Balaban J connectivity index is 1.74. The summed E-state index contributed by atoms with van der Waals surface area (Å²) in [6.45, 7) is 0.00914. The van der Waals surface area contributed by atoms with Crippen LogP contribution in [-0.2, 0) is 27.0 Å². The number of carbonyl (C=O) groups excluding carboxylic acids is 2. The quantitative estimate of drug-likeness (QED) is 0.530. The molecular formula is C24H24F3N3O4S. The highest BCUT2D eigenvalue weighted by Gasteiger charge is 2.68. The summed E-state index contributed by atoms with van der Waals surface area (Å²) in [4.78, 5) is 44.8. The number of imide groups is 1. The zero-order chi connectivity index (χ0) is 25.4. The number of nitrogens with zero attached hydrogens (tertiary/aromatic N) is 2. The molecule has 1 aromatic carbocycles. The number of benzene rings is 1. The molecule has 2 aromatic rings. The Morgan fingerprint density at radius 3 is 2.60 bits per heavy atom. The van der Waals surface area contributed by atoms with Crippen molar-refractivity contribution in [3.63, 3.8) is 0 Å². The molecule has 2 aliphatic rings. The van der Waals surface area contributed by atoms with Gasteiger partial charge in [-0.15, -0.1) is 0 Å². The first-order valence-electron chi connectivity index (χ1n) is 11.0. The molecule has 4 unspecified atom stereocenters. The van der Waals surface area contributed by atoms with Crippen LogP contribution in [0.2, 0.25) is 0 Å². The minimum Gasteiger partial charge on any atom is -0.480 e. The Morgan fingerprint density at radius 1 is 1.20 bits per heavy atom. The van der Waals surface area contributed by atoms with Crippen molar-refractivity contribution < 1.29 is 32.7 Å². The highest BCUT2D eigenvalue weighted by atomic mass is 32.2. The van der Waals surface area contributed by atoms with E-state index in [9.17, 15) is 32.7 Å². The van der Waals surface area contributed by atoms with Crippen molar-refractivity contribution in [2.75, 3.05) is 18.6 Å². The molecule has 4 atom stereocenters. The number of alkyl halides is 3. The van der Waals surface area contributed by atoms with Crippen LogP contribution in [0.3, 0.4) is 0 Å². The largest absolute Gasteiger partial charge is 0.480 e. The van der Waals surface area contributed by atoms with E-state index in [4.69, 9.17) is 0 Å². The maximum atomic E-state index is 13.5. The van der Waals surface area contributed by atoms with Gasteiger partial charge in [-0.2, -0.15) is 24.9 Å². The van der Waals surface area contributed by atoms with E-state index >= 15 is 0 Å². The first-order valence-corrected chi connectivity index (χ1v) is 12.4. The molecule has 4 rings (SSSR count). The zero-order valence-corrected chi connectivity index (χ0v) is 19.6. The third-order valence-corrected chi connectivity index (χ3v) is 7.33. The fourth-order valence-corrected chi connectivity index (χ4v) is 5.57. The van der Waals surface area contributed by atoms with Crippen LogP contribution in [0, 0.1) is 11.8 Å². The SMILES string of the molecule is CSCCC1(C(=O)O)NC(c2cccc(C(F)(F)F)c2)C2C(=O)N(CCc3ccccn3)C(=O)C21. The van der Waals surface area contributed by atoms with Crippen LogP contribution < -0.4 is 5.32 Å². The van der Waals surface area contributed by atoms with Crippen molar-refractivity contribution in [3.05, 3.63) is 65.5 Å². The van der Waals surface area contributed by atoms with Gasteiger partial charge < -0.3 is 5.11 Å². The number of aliphatic carboxylic acids is 1. The van der Waals surface area contributed by atoms with E-state index < -0.39 is 52.9 Å². The molecule has 2 saturated heterocycles. The summed E-state index contributed by atoms with van der Waals surface area (Å²) in [5.41, 5.74) is -1.91. The van der Waals surface area contributed by atoms with Gasteiger partial charge in [0, 0.05) is 30.9 Å². The van der Waals surface area contributed by atoms with Crippen molar-refractivity contribution in [3.8, 4) is 0 Å². The number of pyridine rings is 1. The maximum absolute atomic E-state index is 13.5. The number of hydrogen-bond acceptors (Lipinski definition) is 6. The summed E-state index contributed by atoms with van der Waals surface area (Å²) in [5.74, 6) is -4.49. The van der Waals surface area contributed by atoms with Crippen molar-refractivity contribution in [1.29, 1.82) is 0 Å². The minimum atomic E-state index is -4.61. The van der Waals surface area contributed by atoms with E-state index in [1.807, 2.05) is 0 Å². The van der Waals surface area contributed by atoms with Crippen LogP contribution in [0.4, 0.5) is 13.2 Å². The van der Waals surface area contributed by atoms with Crippen molar-refractivity contribution >= 4 is 29.5 Å². The predicted molar refractivity (Wildman–Crippen MR) is 122 cm³/mol. The van der Waals surface area contributed by atoms with Gasteiger partial charge in [0.15, 0.2) is 0 Å². The third-order valence-electron chi connectivity index (χ3n) is 6.72. The summed E-state index contributed by atoms with van der Waals surface area (Å²) in [6, 6.07) is 8.66. The second-order valence-electron chi connectivity index (χ2n) is 8.67. The third kappa shape index (κ3) is 4.54. The minimum absolute atomic E-state index is 0.00914. The molecule has 35 heavy (non-hydrogen) atoms. The van der Waals surface area contributed by atoms with Gasteiger partial charge in [0.2, 0.25) is 11.8 Å². The normalized spacial score (nSPS) is 26.3. The number of carboxylic acids is 1. The summed E-state index contributed by atoms with van der Waals surface area (Å²) >= 11 is 1.38. The number of carbonyl (C=O) groups is 3. The average Bonchev–Trinajstić information content (AvgIpc) is 3.31. The number of aromatic nitrogens is 1. The van der Waals surface area contributed by atoms with E-state index in [1.165, 1.54) is 23.9 Å². The Hall–Kier alpha value is -2.92. The molecule has 1 aromatic heterocycles. The molecule has 7 nitrogen and oxygen atoms in total. The van der Waals surface area contributed by atoms with Crippen LogP contribution in [0.15, 0.2) is 48.7 Å². The predicted octanol–water partition coefficient (Wildman–Crippen LogP) is 3.17. The van der Waals surface area contributed by atoms with Crippen LogP contribution in [-0.4, -0.2) is 56.9 Å². The maximum Gasteiger partial charge on any atom is 0.416 e. The summed E-state index contributed by atoms with van der Waals surface area (Å²) in [6.07, 6.45) is -0.922. The number of halogens is 3. The van der Waals surface area contributed by atoms with E-state index in [-0.39, 0.29) is 24.9 Å². The Bertz CT molecular complexity index is 1130. The van der Waals surface area contributed by atoms with Crippen LogP contribution in [0.5, 0.6) is 0 Å². The van der Waals surface area contributed by atoms with Gasteiger partial charge in [-0.1, -0.05) is 18.2 Å². The number of nitrogens with one attached hydrogen (secondary N) is 1. The average molecular weight is 508 g/mol. The Morgan fingerprint density at radius 2 is 1.97 bits per heavy atom. The molecule has 0 bridgehead atoms. The number of rotatable bonds is 8. The standard InChI is InChI=1S/C24H24F3N3O4S/c1-35-12-9-23(22(33)34)18-17(19(29-23)14-5-4-6-15(13-14)24(25,26)27)20(31)30(21(18)32)11-8-16-7-2-3-10-28-16/h2-7,10,13,17-19,29H,8-9,11-12H2,1H3,(H,33,34). The lowest BCUT2D eigenvalue weighted by Crippen LogP contribution is -2.56. The fourth-order valence-electron chi connectivity index (χ4n) is 5.05. The van der Waals surface area contributed by atoms with Gasteiger partial charge in [0.05, 0.1) is 17.4 Å². The van der Waals surface area contributed by atoms with Gasteiger partial charge in [0.1, 0.15) is 5.54 Å². The number of hydrogen-bond donors (Lipinski definition) is 2. The van der Waals surface area contributed by atoms with Gasteiger partial charge in [-0.05, 0) is 48.3 Å². The van der Waals surface area contributed by atoms with Gasteiger partial charge in [0.25, 0.3) is 0 Å². The molecule has 0 aliphatic carbocycles.